The lowest BCUT2D eigenvalue weighted by molar-refractivity contribution is -1.21. The molecule has 0 heteroatoms. The highest BCUT2D eigenvalue weighted by atomic mass is 15.7. The van der Waals surface area contributed by atoms with Crippen LogP contribution in [0, 0.1) is 328 Å². The van der Waals surface area contributed by atoms with E-state index in [2.05, 4.69) is 0 Å². The Bertz CT molecular complexity index is 4340. The average molecular weight is 795 g/mol. The molecule has 0 nitrogen and oxygen atoms in total. The molecule has 45 aliphatic carbocycles. The summed E-state index contributed by atoms with van der Waals surface area (Å²) in [6, 6.07) is 0. The molecule has 45 saturated carbocycles. The fraction of sp³-hybridized carbons (Fsp3) is 1.00. The minimum absolute atomic E-state index is 1.10. The van der Waals surface area contributed by atoms with Gasteiger partial charge < -0.3 is 0 Å². The van der Waals surface area contributed by atoms with Crippen LogP contribution in [0.2, 0.25) is 0 Å². The van der Waals surface area contributed by atoms with Crippen LogP contribution in [0.4, 0.5) is 0 Å². The van der Waals surface area contributed by atoms with Crippen LogP contribution >= 0.6 is 0 Å². The van der Waals surface area contributed by atoms with E-state index in [1.54, 1.807) is 0 Å². The number of hydrogen-bond donors (Lipinski definition) is 0. The van der Waals surface area contributed by atoms with Crippen LogP contribution in [0.15, 0.2) is 0 Å². The van der Waals surface area contributed by atoms with Gasteiger partial charge >= 0.3 is 0 Å². The van der Waals surface area contributed by atoms with Crippen molar-refractivity contribution in [3.63, 3.8) is 0 Å². The van der Waals surface area contributed by atoms with Gasteiger partial charge in [0, 0.05) is 0 Å². The predicted octanol–water partition coefficient (Wildman–Crippen LogP) is 5.39. The minimum atomic E-state index is 1.10. The van der Waals surface area contributed by atoms with Crippen LogP contribution in [0.3, 0.4) is 0 Å². The molecule has 63 heavy (non-hydrogen) atoms. The maximum atomic E-state index is 1.99. The van der Waals surface area contributed by atoms with Gasteiger partial charge in [0.05, 0.1) is 0 Å². The van der Waals surface area contributed by atoms with E-state index in [1.165, 1.54) is 166 Å². The van der Waals surface area contributed by atoms with Gasteiger partial charge in [0.15, 0.2) is 0 Å². The number of rotatable bonds is 0. The molecular weight excluding hydrogens is 757 g/mol. The number of hydrogen-bond acceptors (Lipinski definition) is 0. The fourth-order valence-electron chi connectivity index (χ4n) is 70.1. The highest BCUT2D eigenvalue weighted by Crippen LogP contribution is 3.71. The lowest BCUT2D eigenvalue weighted by Gasteiger charge is -3.65. The van der Waals surface area contributed by atoms with E-state index in [1.807, 2.05) is 32.1 Å². The van der Waals surface area contributed by atoms with Gasteiger partial charge in [-0.1, -0.05) is 0 Å². The largest absolute Gasteiger partial charge is 0.0464 e. The smallest absolute Gasteiger partial charge is 0.000715 e. The van der Waals surface area contributed by atoms with Gasteiger partial charge in [-0.3, -0.25) is 0 Å². The summed E-state index contributed by atoms with van der Waals surface area (Å²) in [4.78, 5) is 0. The molecule has 0 radical (unpaired) electrons. The monoisotopic (exact) mass is 794 g/mol. The molecule has 45 aliphatic rings. The van der Waals surface area contributed by atoms with Gasteiger partial charge in [-0.25, -0.2) is 0 Å². The zero-order valence-electron chi connectivity index (χ0n) is 34.7. The Balaban J connectivity index is 0.744. The first kappa shape index (κ1) is 21.2. The Morgan fingerprint density at radius 2 is 0.381 bits per heavy atom. The van der Waals surface area contributed by atoms with E-state index in [9.17, 15) is 0 Å². The van der Waals surface area contributed by atoms with Crippen molar-refractivity contribution in [2.75, 3.05) is 0 Å². The molecule has 0 amide bonds. The van der Waals surface area contributed by atoms with Crippen molar-refractivity contribution < 1.29 is 0 Å². The van der Waals surface area contributed by atoms with Gasteiger partial charge in [-0.2, -0.15) is 0 Å². The van der Waals surface area contributed by atoms with Gasteiger partial charge in [-0.15, -0.1) is 0 Å². The Labute approximate surface area is 358 Å². The molecule has 0 bridgehead atoms. The Morgan fingerprint density at radius 3 is 0.762 bits per heavy atom. The molecule has 0 aromatic heterocycles. The lowest BCUT2D eigenvalue weighted by Crippen LogP contribution is -3.64. The quantitative estimate of drug-likeness (QED) is 0.309. The van der Waals surface area contributed by atoms with Crippen molar-refractivity contribution in [2.45, 2.75) is 32.1 Å². The van der Waals surface area contributed by atoms with E-state index < -0.39 is 0 Å². The zero-order chi connectivity index (χ0) is 34.7. The first-order valence-corrected chi connectivity index (χ1v) is 31.3. The fourth-order valence-corrected chi connectivity index (χ4v) is 70.1. The highest BCUT2D eigenvalue weighted by Gasteiger charge is 3.70. The third-order valence-electron chi connectivity index (χ3n) is 54.7. The topological polar surface area (TPSA) is 0 Å². The molecule has 0 aromatic rings. The first-order valence-electron chi connectivity index (χ1n) is 31.3. The maximum Gasteiger partial charge on any atom is -0.000715 e. The van der Waals surface area contributed by atoms with Gasteiger partial charge in [-0.05, 0) is 360 Å². The van der Waals surface area contributed by atoms with Crippen LogP contribution in [-0.2, 0) is 0 Å². The van der Waals surface area contributed by atoms with Crippen LogP contribution < -0.4 is 0 Å². The Hall–Kier alpha value is 0. The van der Waals surface area contributed by atoms with Crippen LogP contribution in [0.1, 0.15) is 32.1 Å². The molecule has 0 N–H and O–H groups in total. The lowest BCUT2D eigenvalue weighted by atomic mass is 8.37. The standard InChI is InChI=1S/C63H38/c1-6-16-22-12-2-8-20-10-4-14-24-28-30-33-32-31-29-25-15-5-11-21-9-3-13-23-27-19-7(1)18-26-17(6)45-44(16)40(22)34(8,12)38(20)36(10,14)42(24)49(28)52(30)55(33)54(32)53(31)50(29)43(25)37(11,15)39(21)35(9,13)41(23)48(27)46(19)47(18)51(26,45)63(55,60(45,52)58(44,49)56(38,40)42)62(47,54)61(46,53)59(48,50)57(39,41)43/h6-33H,1-5H2. The van der Waals surface area contributed by atoms with E-state index >= 15 is 0 Å². The Kier molecular flexibility index (Phi) is 1.07. The molecular formula is C63H38. The van der Waals surface area contributed by atoms with Crippen LogP contribution in [-0.4, -0.2) is 0 Å². The van der Waals surface area contributed by atoms with E-state index in [4.69, 9.17) is 0 Å². The molecule has 45 fully saturated rings. The predicted molar refractivity (Wildman–Crippen MR) is 194 cm³/mol. The zero-order valence-corrected chi connectivity index (χ0v) is 34.7. The summed E-state index contributed by atoms with van der Waals surface area (Å²) in [5.74, 6) is 39.3. The van der Waals surface area contributed by atoms with Crippen molar-refractivity contribution in [1.82, 2.24) is 0 Å². The summed E-state index contributed by atoms with van der Waals surface area (Å²) in [7, 11) is 0. The third-order valence-corrected chi connectivity index (χ3v) is 54.7. The number of fused-ring (bicyclic) bond motifs is 20. The van der Waals surface area contributed by atoms with Crippen molar-refractivity contribution in [3.8, 4) is 0 Å². The second-order valence-corrected chi connectivity index (χ2v) is 40.8. The average Bonchev–Trinajstić information content (AvgIpc) is 3.52. The van der Waals surface area contributed by atoms with E-state index in [-0.39, 0.29) is 0 Å². The van der Waals surface area contributed by atoms with Crippen molar-refractivity contribution >= 4 is 0 Å². The third kappa shape index (κ3) is 0.462. The second-order valence-electron chi connectivity index (χ2n) is 40.8. The molecule has 0 aliphatic heterocycles. The van der Waals surface area contributed by atoms with Crippen LogP contribution in [0.5, 0.6) is 0 Å². The minimum Gasteiger partial charge on any atom is -0.0464 e. The normalized spacial score (nSPS) is 141. The first-order chi connectivity index (χ1) is 31.3. The van der Waals surface area contributed by atoms with Crippen molar-refractivity contribution in [1.29, 1.82) is 0 Å². The molecule has 0 heterocycles. The molecule has 58 atom stereocenters. The molecule has 45 rings (SSSR count). The Morgan fingerprint density at radius 1 is 0.159 bits per heavy atom. The molecule has 0 aromatic carbocycles. The summed E-state index contributed by atoms with van der Waals surface area (Å²) < 4.78 is 0. The summed E-state index contributed by atoms with van der Waals surface area (Å²) in [5, 5.41) is 0. The summed E-state index contributed by atoms with van der Waals surface area (Å²) in [5.41, 5.74) is 33.6. The molecule has 0 saturated heterocycles. The highest BCUT2D eigenvalue weighted by molar-refractivity contribution is 6.14. The molecule has 290 valence electrons. The molecule has 58 unspecified atom stereocenters. The maximum absolute atomic E-state index is 1.99. The SMILES string of the molecule is C1C2C3C4C5CC6C7C8CC9C%10C%11C%12C%13C%14C%15C%16C%17C%18CC%19C%20C%21CC%22C%23C%24C%25C1C1C%26C2C2%27C3%28C43C65C74C89C%105C%116C%127C%138C%149C%15%10C%16%11C%17%12C%19%18C%20%13C%21%22C%23%14C%24%15C%25%16C1%17C%262C8(C%277C%286C435)C%179C%16%10C%15%11C%13%14%12. The molecule has 30 spiro atoms. The van der Waals surface area contributed by atoms with Crippen LogP contribution in [0.25, 0.3) is 0 Å². The van der Waals surface area contributed by atoms with Gasteiger partial charge in [0.2, 0.25) is 0 Å². The summed E-state index contributed by atoms with van der Waals surface area (Å²) in [6.07, 6.45) is 9.43. The van der Waals surface area contributed by atoms with Gasteiger partial charge in [0.1, 0.15) is 0 Å². The summed E-state index contributed by atoms with van der Waals surface area (Å²) in [6.45, 7) is 0. The van der Waals surface area contributed by atoms with E-state index in [0.29, 0.717) is 0 Å². The van der Waals surface area contributed by atoms with E-state index in [0.717, 1.165) is 162 Å². The van der Waals surface area contributed by atoms with Gasteiger partial charge in [0.25, 0.3) is 0 Å². The van der Waals surface area contributed by atoms with Crippen molar-refractivity contribution in [3.05, 3.63) is 0 Å². The second kappa shape index (κ2) is 3.19. The van der Waals surface area contributed by atoms with Crippen molar-refractivity contribution in [2.24, 2.45) is 328 Å². The summed E-state index contributed by atoms with van der Waals surface area (Å²) >= 11 is 0.